The van der Waals surface area contributed by atoms with Gasteiger partial charge in [-0.25, -0.2) is 4.98 Å². The van der Waals surface area contributed by atoms with Crippen molar-refractivity contribution in [2.24, 2.45) is 5.92 Å². The van der Waals surface area contributed by atoms with Gasteiger partial charge in [0.05, 0.1) is 35.5 Å². The van der Waals surface area contributed by atoms with Crippen molar-refractivity contribution in [2.75, 3.05) is 31.8 Å². The van der Waals surface area contributed by atoms with Gasteiger partial charge in [-0.3, -0.25) is 14.5 Å². The van der Waals surface area contributed by atoms with Gasteiger partial charge in [0.15, 0.2) is 16.6 Å². The van der Waals surface area contributed by atoms with Crippen molar-refractivity contribution in [2.45, 2.75) is 26.3 Å². The molecule has 3 aromatic carbocycles. The van der Waals surface area contributed by atoms with E-state index in [1.54, 1.807) is 43.5 Å². The van der Waals surface area contributed by atoms with Gasteiger partial charge in [0.2, 0.25) is 0 Å². The Hall–Kier alpha value is -4.57. The zero-order chi connectivity index (χ0) is 29.4. The molecule has 1 saturated heterocycles. The van der Waals surface area contributed by atoms with Crippen LogP contribution >= 0.6 is 11.3 Å². The summed E-state index contributed by atoms with van der Waals surface area (Å²) in [5, 5.41) is 11.9. The van der Waals surface area contributed by atoms with Crippen LogP contribution in [0.3, 0.4) is 0 Å². The monoisotopic (exact) mass is 586 g/mol. The van der Waals surface area contributed by atoms with Crippen LogP contribution in [0, 0.1) is 5.92 Å². The first-order valence-corrected chi connectivity index (χ1v) is 14.5. The number of aliphatic hydroxyl groups is 1. The third-order valence-electron chi connectivity index (χ3n) is 7.19. The molecule has 1 atom stereocenters. The lowest BCUT2D eigenvalue weighted by molar-refractivity contribution is -0.132. The lowest BCUT2D eigenvalue weighted by Gasteiger charge is -2.24. The Bertz CT molecular complexity index is 1710. The van der Waals surface area contributed by atoms with Crippen LogP contribution < -0.4 is 23.8 Å². The molecule has 42 heavy (non-hydrogen) atoms. The summed E-state index contributed by atoms with van der Waals surface area (Å²) in [5.74, 6) is 0.832. The summed E-state index contributed by atoms with van der Waals surface area (Å²) in [6.07, 6.45) is 0.877. The predicted octanol–water partition coefficient (Wildman–Crippen LogP) is 6.13. The quantitative estimate of drug-likeness (QED) is 0.149. The average molecular weight is 587 g/mol. The molecular weight excluding hydrogens is 556 g/mol. The maximum atomic E-state index is 13.7. The molecule has 1 fully saturated rings. The zero-order valence-electron chi connectivity index (χ0n) is 23.5. The molecule has 1 amide bonds. The molecule has 2 aliphatic heterocycles. The molecule has 9 nitrogen and oxygen atoms in total. The number of thiazole rings is 1. The predicted molar refractivity (Wildman–Crippen MR) is 160 cm³/mol. The minimum absolute atomic E-state index is 0.0483. The number of anilines is 1. The van der Waals surface area contributed by atoms with Gasteiger partial charge in [0.25, 0.3) is 5.78 Å². The van der Waals surface area contributed by atoms with E-state index in [4.69, 9.17) is 23.9 Å². The van der Waals surface area contributed by atoms with Gasteiger partial charge in [-0.15, -0.1) is 0 Å². The van der Waals surface area contributed by atoms with E-state index < -0.39 is 17.7 Å². The van der Waals surface area contributed by atoms with Gasteiger partial charge in [0, 0.05) is 5.56 Å². The number of hydrogen-bond acceptors (Lipinski definition) is 9. The standard InChI is InChI=1S/C32H30N2O7S/c1-18(2)11-12-39-22-6-4-5-19(15-22)28-27(29(35)20-7-10-24-25(16-20)41-14-13-40-24)30(36)31(37)34(28)32-33-23-9-8-21(38-3)17-26(23)42-32/h4-10,15-18,28,35H,11-14H2,1-3H3/b29-27+/t28-/m1/s1. The van der Waals surface area contributed by atoms with E-state index in [-0.39, 0.29) is 11.3 Å². The third kappa shape index (κ3) is 5.14. The van der Waals surface area contributed by atoms with Crippen LogP contribution in [0.2, 0.25) is 0 Å². The van der Waals surface area contributed by atoms with Gasteiger partial charge in [0.1, 0.15) is 30.5 Å². The summed E-state index contributed by atoms with van der Waals surface area (Å²) in [5.41, 5.74) is 1.55. The smallest absolute Gasteiger partial charge is 0.301 e. The summed E-state index contributed by atoms with van der Waals surface area (Å²) in [6.45, 7) is 5.57. The molecule has 0 unspecified atom stereocenters. The summed E-state index contributed by atoms with van der Waals surface area (Å²) < 4.78 is 23.5. The van der Waals surface area contributed by atoms with E-state index in [1.165, 1.54) is 16.2 Å². The molecule has 10 heteroatoms. The first kappa shape index (κ1) is 27.6. The fourth-order valence-corrected chi connectivity index (χ4v) is 6.02. The van der Waals surface area contributed by atoms with Crippen molar-refractivity contribution in [3.8, 4) is 23.0 Å². The highest BCUT2D eigenvalue weighted by atomic mass is 32.1. The fourth-order valence-electron chi connectivity index (χ4n) is 5.00. The average Bonchev–Trinajstić information content (AvgIpc) is 3.53. The summed E-state index contributed by atoms with van der Waals surface area (Å²) in [6, 6.07) is 16.7. The molecule has 0 spiro atoms. The first-order valence-electron chi connectivity index (χ1n) is 13.7. The van der Waals surface area contributed by atoms with Crippen molar-refractivity contribution in [1.82, 2.24) is 4.98 Å². The minimum atomic E-state index is -0.950. The van der Waals surface area contributed by atoms with Crippen molar-refractivity contribution >= 4 is 44.1 Å². The Morgan fingerprint density at radius 1 is 1.05 bits per heavy atom. The van der Waals surface area contributed by atoms with E-state index in [0.717, 1.165) is 11.1 Å². The van der Waals surface area contributed by atoms with Crippen LogP contribution in [0.5, 0.6) is 23.0 Å². The Balaban J connectivity index is 1.48. The molecule has 1 N–H and O–H groups in total. The molecule has 0 radical (unpaired) electrons. The molecule has 4 aromatic rings. The van der Waals surface area contributed by atoms with Gasteiger partial charge < -0.3 is 24.1 Å². The Labute approximate surface area is 246 Å². The number of nitrogens with zero attached hydrogens (tertiary/aromatic N) is 2. The molecule has 3 heterocycles. The molecule has 6 rings (SSSR count). The second-order valence-corrected chi connectivity index (χ2v) is 11.5. The van der Waals surface area contributed by atoms with Gasteiger partial charge in [-0.05, 0) is 66.4 Å². The first-order chi connectivity index (χ1) is 20.3. The number of amides is 1. The normalized spacial score (nSPS) is 17.7. The SMILES string of the molecule is COc1ccc2nc(N3C(=O)C(=O)/C(=C(/O)c4ccc5c(c4)OCCO5)[C@H]3c3cccc(OCCC(C)C)c3)sc2c1. The number of fused-ring (bicyclic) bond motifs is 2. The largest absolute Gasteiger partial charge is 0.507 e. The van der Waals surface area contributed by atoms with Crippen LogP contribution in [-0.4, -0.2) is 48.7 Å². The molecule has 0 bridgehead atoms. The van der Waals surface area contributed by atoms with Crippen LogP contribution in [-0.2, 0) is 9.59 Å². The van der Waals surface area contributed by atoms with Crippen LogP contribution in [0.4, 0.5) is 5.13 Å². The van der Waals surface area contributed by atoms with E-state index in [9.17, 15) is 14.7 Å². The maximum absolute atomic E-state index is 13.7. The van der Waals surface area contributed by atoms with Crippen LogP contribution in [0.15, 0.2) is 66.2 Å². The second-order valence-electron chi connectivity index (χ2n) is 10.5. The zero-order valence-corrected chi connectivity index (χ0v) is 24.3. The number of ether oxygens (including phenoxy) is 4. The Kier molecular flexibility index (Phi) is 7.47. The second kappa shape index (κ2) is 11.4. The van der Waals surface area contributed by atoms with Crippen molar-refractivity contribution in [1.29, 1.82) is 0 Å². The molecule has 0 aliphatic carbocycles. The molecular formula is C32H30N2O7S. The Morgan fingerprint density at radius 3 is 2.64 bits per heavy atom. The fraction of sp³-hybridized carbons (Fsp3) is 0.281. The lowest BCUT2D eigenvalue weighted by atomic mass is 9.95. The summed E-state index contributed by atoms with van der Waals surface area (Å²) in [4.78, 5) is 33.4. The number of hydrogen-bond donors (Lipinski definition) is 1. The third-order valence-corrected chi connectivity index (χ3v) is 8.21. The van der Waals surface area contributed by atoms with E-state index in [0.29, 0.717) is 70.5 Å². The highest BCUT2D eigenvalue weighted by Crippen LogP contribution is 2.46. The van der Waals surface area contributed by atoms with E-state index in [2.05, 4.69) is 13.8 Å². The summed E-state index contributed by atoms with van der Waals surface area (Å²) in [7, 11) is 1.58. The van der Waals surface area contributed by atoms with Gasteiger partial charge in [-0.2, -0.15) is 0 Å². The van der Waals surface area contributed by atoms with Gasteiger partial charge in [-0.1, -0.05) is 37.3 Å². The topological polar surface area (TPSA) is 107 Å². The van der Waals surface area contributed by atoms with Crippen LogP contribution in [0.25, 0.3) is 16.0 Å². The minimum Gasteiger partial charge on any atom is -0.507 e. The van der Waals surface area contributed by atoms with E-state index in [1.807, 2.05) is 24.3 Å². The molecule has 216 valence electrons. The number of carbonyl (C=O) groups is 2. The maximum Gasteiger partial charge on any atom is 0.301 e. The number of rotatable bonds is 8. The number of methoxy groups -OCH3 is 1. The summed E-state index contributed by atoms with van der Waals surface area (Å²) >= 11 is 1.27. The molecule has 0 saturated carbocycles. The lowest BCUT2D eigenvalue weighted by Crippen LogP contribution is -2.29. The van der Waals surface area contributed by atoms with Crippen LogP contribution in [0.1, 0.15) is 37.4 Å². The highest BCUT2D eigenvalue weighted by Gasteiger charge is 2.48. The van der Waals surface area contributed by atoms with Crippen molar-refractivity contribution < 1.29 is 33.6 Å². The highest BCUT2D eigenvalue weighted by molar-refractivity contribution is 7.22. The number of aliphatic hydroxyl groups excluding tert-OH is 1. The molecule has 2 aliphatic rings. The number of Topliss-reactive ketones (excluding diaryl/α,β-unsaturated/α-hetero) is 1. The molecule has 1 aromatic heterocycles. The van der Waals surface area contributed by atoms with Crippen molar-refractivity contribution in [3.63, 3.8) is 0 Å². The van der Waals surface area contributed by atoms with E-state index >= 15 is 0 Å². The van der Waals surface area contributed by atoms with Gasteiger partial charge >= 0.3 is 5.91 Å². The number of benzene rings is 3. The Morgan fingerprint density at radius 2 is 1.86 bits per heavy atom. The number of ketones is 1. The number of aromatic nitrogens is 1. The number of carbonyl (C=O) groups excluding carboxylic acids is 2. The van der Waals surface area contributed by atoms with Crippen molar-refractivity contribution in [3.05, 3.63) is 77.4 Å².